The molecule has 0 aliphatic rings. The van der Waals surface area contributed by atoms with Gasteiger partial charge in [0.2, 0.25) is 0 Å². The summed E-state index contributed by atoms with van der Waals surface area (Å²) in [7, 11) is 0. The number of benzene rings is 2. The molecule has 5 nitrogen and oxygen atoms in total. The fraction of sp³-hybridized carbons (Fsp3) is 0.263. The first-order chi connectivity index (χ1) is 12.3. The van der Waals surface area contributed by atoms with Crippen LogP contribution in [0.3, 0.4) is 0 Å². The van der Waals surface area contributed by atoms with Gasteiger partial charge in [-0.3, -0.25) is 9.59 Å². The molecule has 138 valence electrons. The van der Waals surface area contributed by atoms with E-state index in [-0.39, 0.29) is 5.91 Å². The van der Waals surface area contributed by atoms with E-state index in [1.54, 1.807) is 48.5 Å². The number of halogens is 2. The Morgan fingerprint density at radius 1 is 1.12 bits per heavy atom. The molecule has 0 aromatic heterocycles. The van der Waals surface area contributed by atoms with Gasteiger partial charge in [0, 0.05) is 22.8 Å². The SMILES string of the molecule is CC(C)CNC(=O)c1cccc(NC(=O)C(Cl)Oc2ccc(Cl)cc2)c1. The van der Waals surface area contributed by atoms with E-state index < -0.39 is 11.5 Å². The van der Waals surface area contributed by atoms with E-state index in [4.69, 9.17) is 27.9 Å². The highest BCUT2D eigenvalue weighted by molar-refractivity contribution is 6.31. The number of ether oxygens (including phenoxy) is 1. The molecule has 0 spiro atoms. The maximum atomic E-state index is 12.2. The van der Waals surface area contributed by atoms with Crippen LogP contribution in [-0.4, -0.2) is 23.9 Å². The van der Waals surface area contributed by atoms with E-state index in [1.165, 1.54) is 0 Å². The summed E-state index contributed by atoms with van der Waals surface area (Å²) in [5, 5.41) is 6.01. The van der Waals surface area contributed by atoms with Crippen LogP contribution in [0.15, 0.2) is 48.5 Å². The number of anilines is 1. The van der Waals surface area contributed by atoms with Crippen LogP contribution in [-0.2, 0) is 4.79 Å². The average molecular weight is 395 g/mol. The molecule has 0 heterocycles. The van der Waals surface area contributed by atoms with E-state index in [0.29, 0.717) is 34.5 Å². The topological polar surface area (TPSA) is 67.4 Å². The van der Waals surface area contributed by atoms with Crippen molar-refractivity contribution in [2.24, 2.45) is 5.92 Å². The number of carbonyl (C=O) groups excluding carboxylic acids is 2. The minimum Gasteiger partial charge on any atom is -0.465 e. The Labute approximate surface area is 162 Å². The summed E-state index contributed by atoms with van der Waals surface area (Å²) in [6.07, 6.45) is 0. The van der Waals surface area contributed by atoms with Crippen molar-refractivity contribution in [2.45, 2.75) is 19.4 Å². The van der Waals surface area contributed by atoms with Crippen LogP contribution in [0.2, 0.25) is 5.02 Å². The Morgan fingerprint density at radius 3 is 2.46 bits per heavy atom. The Bertz CT molecular complexity index is 764. The van der Waals surface area contributed by atoms with Gasteiger partial charge in [0.15, 0.2) is 0 Å². The van der Waals surface area contributed by atoms with Gasteiger partial charge in [-0.25, -0.2) is 0 Å². The third kappa shape index (κ3) is 6.24. The van der Waals surface area contributed by atoms with Gasteiger partial charge in [-0.1, -0.05) is 43.1 Å². The first kappa shape index (κ1) is 20.1. The number of hydrogen-bond donors (Lipinski definition) is 2. The molecule has 0 saturated heterocycles. The zero-order valence-electron chi connectivity index (χ0n) is 14.5. The van der Waals surface area contributed by atoms with E-state index in [2.05, 4.69) is 10.6 Å². The highest BCUT2D eigenvalue weighted by atomic mass is 35.5. The van der Waals surface area contributed by atoms with Crippen molar-refractivity contribution in [1.29, 1.82) is 0 Å². The number of carbonyl (C=O) groups is 2. The standard InChI is InChI=1S/C19H20Cl2N2O3/c1-12(2)11-22-18(24)13-4-3-5-15(10-13)23-19(25)17(21)26-16-8-6-14(20)7-9-16/h3-10,12,17H,11H2,1-2H3,(H,22,24)(H,23,25). The molecule has 2 aromatic rings. The molecule has 2 amide bonds. The minimum atomic E-state index is -1.23. The van der Waals surface area contributed by atoms with Crippen molar-refractivity contribution in [3.8, 4) is 5.75 Å². The summed E-state index contributed by atoms with van der Waals surface area (Å²) in [5.74, 6) is 0.0335. The molecule has 1 atom stereocenters. The fourth-order valence-electron chi connectivity index (χ4n) is 2.02. The highest BCUT2D eigenvalue weighted by Gasteiger charge is 2.18. The summed E-state index contributed by atoms with van der Waals surface area (Å²) in [5.41, 5.74) is -0.319. The summed E-state index contributed by atoms with van der Waals surface area (Å²) < 4.78 is 5.36. The van der Waals surface area contributed by atoms with Gasteiger partial charge in [-0.2, -0.15) is 0 Å². The molecule has 0 bridgehead atoms. The van der Waals surface area contributed by atoms with Gasteiger partial charge < -0.3 is 15.4 Å². The molecule has 2 aromatic carbocycles. The first-order valence-corrected chi connectivity index (χ1v) is 8.92. The molecule has 2 rings (SSSR count). The van der Waals surface area contributed by atoms with Crippen molar-refractivity contribution in [3.05, 3.63) is 59.1 Å². The van der Waals surface area contributed by atoms with Crippen molar-refractivity contribution >= 4 is 40.7 Å². The first-order valence-electron chi connectivity index (χ1n) is 8.10. The molecule has 2 N–H and O–H groups in total. The zero-order valence-corrected chi connectivity index (χ0v) is 16.0. The smallest absolute Gasteiger partial charge is 0.281 e. The molecule has 0 fully saturated rings. The van der Waals surface area contributed by atoms with E-state index in [9.17, 15) is 9.59 Å². The molecule has 1 unspecified atom stereocenters. The zero-order chi connectivity index (χ0) is 19.1. The van der Waals surface area contributed by atoms with E-state index in [0.717, 1.165) is 0 Å². The van der Waals surface area contributed by atoms with Gasteiger partial charge in [0.05, 0.1) is 0 Å². The average Bonchev–Trinajstić information content (AvgIpc) is 2.61. The maximum Gasteiger partial charge on any atom is 0.281 e. The monoisotopic (exact) mass is 394 g/mol. The van der Waals surface area contributed by atoms with Crippen LogP contribution in [0.25, 0.3) is 0 Å². The van der Waals surface area contributed by atoms with E-state index in [1.807, 2.05) is 13.8 Å². The molecule has 0 aliphatic carbocycles. The summed E-state index contributed by atoms with van der Waals surface area (Å²) in [4.78, 5) is 24.3. The lowest BCUT2D eigenvalue weighted by atomic mass is 10.1. The predicted molar refractivity (Wildman–Crippen MR) is 104 cm³/mol. The van der Waals surface area contributed by atoms with Crippen molar-refractivity contribution in [3.63, 3.8) is 0 Å². The molecule has 26 heavy (non-hydrogen) atoms. The Kier molecular flexibility index (Phi) is 7.30. The van der Waals surface area contributed by atoms with Crippen molar-refractivity contribution in [1.82, 2.24) is 5.32 Å². The van der Waals surface area contributed by atoms with Gasteiger partial charge in [-0.15, -0.1) is 0 Å². The lowest BCUT2D eigenvalue weighted by Gasteiger charge is -2.14. The molecular weight excluding hydrogens is 375 g/mol. The number of alkyl halides is 1. The number of hydrogen-bond acceptors (Lipinski definition) is 3. The molecular formula is C19H20Cl2N2O3. The van der Waals surface area contributed by atoms with Gasteiger partial charge >= 0.3 is 0 Å². The Morgan fingerprint density at radius 2 is 1.81 bits per heavy atom. The lowest BCUT2D eigenvalue weighted by molar-refractivity contribution is -0.119. The second kappa shape index (κ2) is 9.46. The Balaban J connectivity index is 1.96. The second-order valence-corrected chi connectivity index (χ2v) is 6.89. The quantitative estimate of drug-likeness (QED) is 0.687. The summed E-state index contributed by atoms with van der Waals surface area (Å²) in [6.45, 7) is 4.60. The van der Waals surface area contributed by atoms with E-state index >= 15 is 0 Å². The summed E-state index contributed by atoms with van der Waals surface area (Å²) in [6, 6.07) is 13.1. The minimum absolute atomic E-state index is 0.199. The van der Waals surface area contributed by atoms with Gasteiger partial charge in [0.25, 0.3) is 17.4 Å². The summed E-state index contributed by atoms with van der Waals surface area (Å²) >= 11 is 11.8. The number of nitrogens with one attached hydrogen (secondary N) is 2. The van der Waals surface area contributed by atoms with Crippen LogP contribution in [0, 0.1) is 5.92 Å². The van der Waals surface area contributed by atoms with Crippen molar-refractivity contribution < 1.29 is 14.3 Å². The fourth-order valence-corrected chi connectivity index (χ4v) is 2.31. The molecule has 7 heteroatoms. The van der Waals surface area contributed by atoms with Crippen LogP contribution >= 0.6 is 23.2 Å². The highest BCUT2D eigenvalue weighted by Crippen LogP contribution is 2.19. The number of amides is 2. The van der Waals surface area contributed by atoms with Gasteiger partial charge in [-0.05, 0) is 48.4 Å². The number of rotatable bonds is 7. The van der Waals surface area contributed by atoms with Crippen LogP contribution < -0.4 is 15.4 Å². The van der Waals surface area contributed by atoms with Crippen molar-refractivity contribution in [2.75, 3.05) is 11.9 Å². The van der Waals surface area contributed by atoms with Crippen LogP contribution in [0.4, 0.5) is 5.69 Å². The second-order valence-electron chi connectivity index (χ2n) is 6.06. The third-order valence-electron chi connectivity index (χ3n) is 3.32. The maximum absolute atomic E-state index is 12.2. The largest absolute Gasteiger partial charge is 0.465 e. The normalized spacial score (nSPS) is 11.7. The Hall–Kier alpha value is -2.24. The van der Waals surface area contributed by atoms with Gasteiger partial charge in [0.1, 0.15) is 5.75 Å². The molecule has 0 aliphatic heterocycles. The third-order valence-corrected chi connectivity index (χ3v) is 3.86. The molecule has 0 radical (unpaired) electrons. The molecule has 0 saturated carbocycles. The van der Waals surface area contributed by atoms with Crippen LogP contribution in [0.5, 0.6) is 5.75 Å². The van der Waals surface area contributed by atoms with Crippen LogP contribution in [0.1, 0.15) is 24.2 Å². The lowest BCUT2D eigenvalue weighted by Crippen LogP contribution is -2.29. The predicted octanol–water partition coefficient (Wildman–Crippen LogP) is 4.31.